The molecule has 0 unspecified atom stereocenters. The highest BCUT2D eigenvalue weighted by Crippen LogP contribution is 2.33. The lowest BCUT2D eigenvalue weighted by Crippen LogP contribution is -2.45. The molecule has 0 atom stereocenters. The molecule has 2 aromatic heterocycles. The van der Waals surface area contributed by atoms with Gasteiger partial charge in [0.2, 0.25) is 10.0 Å². The highest BCUT2D eigenvalue weighted by atomic mass is 32.2. The highest BCUT2D eigenvalue weighted by Gasteiger charge is 2.33. The average molecular weight is 444 g/mol. The van der Waals surface area contributed by atoms with Gasteiger partial charge in [-0.1, -0.05) is 6.07 Å². The normalized spacial score (nSPS) is 20.6. The number of aromatic amines is 1. The Morgan fingerprint density at radius 1 is 1.13 bits per heavy atom. The Labute approximate surface area is 184 Å². The van der Waals surface area contributed by atoms with Gasteiger partial charge in [-0.3, -0.25) is 4.68 Å². The SMILES string of the molecule is CC(C)n1ncc2cc(-c3cnc(C4CCC(NS(=O)(=O)C(C)(C)C)CC4)[nH]3)ccc21. The number of aromatic nitrogens is 4. The summed E-state index contributed by atoms with van der Waals surface area (Å²) in [6.45, 7) is 9.46. The van der Waals surface area contributed by atoms with Crippen molar-refractivity contribution >= 4 is 20.9 Å². The molecule has 3 aromatic rings. The summed E-state index contributed by atoms with van der Waals surface area (Å²) in [5.74, 6) is 1.32. The van der Waals surface area contributed by atoms with E-state index >= 15 is 0 Å². The Hall–Kier alpha value is -2.19. The minimum absolute atomic E-state index is 0.00908. The van der Waals surface area contributed by atoms with Crippen LogP contribution in [-0.2, 0) is 10.0 Å². The van der Waals surface area contributed by atoms with Gasteiger partial charge in [-0.2, -0.15) is 5.10 Å². The van der Waals surface area contributed by atoms with Crippen LogP contribution in [0.1, 0.15) is 78.1 Å². The van der Waals surface area contributed by atoms with E-state index in [4.69, 9.17) is 0 Å². The molecule has 0 radical (unpaired) electrons. The summed E-state index contributed by atoms with van der Waals surface area (Å²) >= 11 is 0. The number of sulfonamides is 1. The van der Waals surface area contributed by atoms with Crippen molar-refractivity contribution in [2.45, 2.75) is 83.1 Å². The van der Waals surface area contributed by atoms with E-state index in [1.54, 1.807) is 20.8 Å². The Morgan fingerprint density at radius 2 is 1.84 bits per heavy atom. The molecule has 168 valence electrons. The molecule has 0 amide bonds. The topological polar surface area (TPSA) is 92.7 Å². The van der Waals surface area contributed by atoms with Crippen LogP contribution in [0.25, 0.3) is 22.2 Å². The maximum atomic E-state index is 12.4. The molecule has 1 saturated carbocycles. The molecule has 1 aliphatic rings. The second-order valence-electron chi connectivity index (χ2n) is 9.92. The van der Waals surface area contributed by atoms with Gasteiger partial charge in [0, 0.05) is 29.0 Å². The molecule has 1 aromatic carbocycles. The monoisotopic (exact) mass is 443 g/mol. The molecule has 0 saturated heterocycles. The van der Waals surface area contributed by atoms with E-state index in [0.29, 0.717) is 12.0 Å². The predicted octanol–water partition coefficient (Wildman–Crippen LogP) is 4.75. The van der Waals surface area contributed by atoms with E-state index in [2.05, 4.69) is 51.8 Å². The second kappa shape index (κ2) is 8.06. The second-order valence-corrected chi connectivity index (χ2v) is 12.4. The number of nitrogens with one attached hydrogen (secondary N) is 2. The van der Waals surface area contributed by atoms with Gasteiger partial charge in [-0.05, 0) is 72.4 Å². The van der Waals surface area contributed by atoms with Crippen LogP contribution in [0, 0.1) is 0 Å². The van der Waals surface area contributed by atoms with Crippen LogP contribution >= 0.6 is 0 Å². The summed E-state index contributed by atoms with van der Waals surface area (Å²) in [6.07, 6.45) is 7.31. The van der Waals surface area contributed by atoms with E-state index in [-0.39, 0.29) is 6.04 Å². The van der Waals surface area contributed by atoms with Gasteiger partial charge in [-0.15, -0.1) is 0 Å². The van der Waals surface area contributed by atoms with E-state index < -0.39 is 14.8 Å². The van der Waals surface area contributed by atoms with Crippen molar-refractivity contribution in [2.24, 2.45) is 0 Å². The molecule has 0 spiro atoms. The standard InChI is InChI=1S/C23H33N5O2S/c1-15(2)28-21-11-8-17(12-18(21)13-25-28)20-14-24-22(26-20)16-6-9-19(10-7-16)27-31(29,30)23(3,4)5/h8,11-16,19,27H,6-7,9-10H2,1-5H3,(H,24,26). The minimum atomic E-state index is -3.31. The number of imidazole rings is 1. The van der Waals surface area contributed by atoms with E-state index in [1.807, 2.05) is 17.1 Å². The Bertz CT molecular complexity index is 1160. The molecule has 31 heavy (non-hydrogen) atoms. The third kappa shape index (κ3) is 4.41. The lowest BCUT2D eigenvalue weighted by molar-refractivity contribution is 0.364. The molecular weight excluding hydrogens is 410 g/mol. The van der Waals surface area contributed by atoms with Gasteiger partial charge in [0.1, 0.15) is 5.82 Å². The Kier molecular flexibility index (Phi) is 5.72. The number of nitrogens with zero attached hydrogens (tertiary/aromatic N) is 3. The van der Waals surface area contributed by atoms with E-state index in [1.165, 1.54) is 0 Å². The molecule has 1 fully saturated rings. The zero-order valence-corrected chi connectivity index (χ0v) is 19.8. The van der Waals surface area contributed by atoms with Crippen LogP contribution in [0.2, 0.25) is 0 Å². The molecule has 2 heterocycles. The summed E-state index contributed by atoms with van der Waals surface area (Å²) in [5, 5.41) is 5.62. The van der Waals surface area contributed by atoms with Crippen LogP contribution in [0.3, 0.4) is 0 Å². The summed E-state index contributed by atoms with van der Waals surface area (Å²) in [4.78, 5) is 8.16. The van der Waals surface area contributed by atoms with Gasteiger partial charge in [0.25, 0.3) is 0 Å². The summed E-state index contributed by atoms with van der Waals surface area (Å²) in [7, 11) is -3.31. The van der Waals surface area contributed by atoms with Crippen molar-refractivity contribution < 1.29 is 8.42 Å². The third-order valence-corrected chi connectivity index (χ3v) is 8.49. The van der Waals surface area contributed by atoms with Crippen molar-refractivity contribution in [3.05, 3.63) is 36.4 Å². The molecule has 2 N–H and O–H groups in total. The Balaban J connectivity index is 1.44. The van der Waals surface area contributed by atoms with Gasteiger partial charge in [0.15, 0.2) is 0 Å². The average Bonchev–Trinajstić information content (AvgIpc) is 3.34. The van der Waals surface area contributed by atoms with Crippen molar-refractivity contribution in [2.75, 3.05) is 0 Å². The molecule has 4 rings (SSSR count). The number of H-pyrrole nitrogens is 1. The molecule has 1 aliphatic carbocycles. The van der Waals surface area contributed by atoms with E-state index in [0.717, 1.165) is 53.7 Å². The number of benzene rings is 1. The molecule has 0 aliphatic heterocycles. The maximum Gasteiger partial charge on any atom is 0.216 e. The molecular formula is C23H33N5O2S. The first-order valence-corrected chi connectivity index (χ1v) is 12.6. The zero-order valence-electron chi connectivity index (χ0n) is 19.0. The summed E-state index contributed by atoms with van der Waals surface area (Å²) < 4.78 is 29.0. The van der Waals surface area contributed by atoms with Gasteiger partial charge in [0.05, 0.1) is 28.4 Å². The van der Waals surface area contributed by atoms with Crippen molar-refractivity contribution in [3.8, 4) is 11.3 Å². The molecule has 8 heteroatoms. The van der Waals surface area contributed by atoms with Gasteiger partial charge in [-0.25, -0.2) is 18.1 Å². The predicted molar refractivity (Wildman–Crippen MR) is 125 cm³/mol. The van der Waals surface area contributed by atoms with Crippen LogP contribution in [0.5, 0.6) is 0 Å². The quantitative estimate of drug-likeness (QED) is 0.595. The van der Waals surface area contributed by atoms with Crippen molar-refractivity contribution in [3.63, 3.8) is 0 Å². The van der Waals surface area contributed by atoms with Crippen LogP contribution in [0.15, 0.2) is 30.6 Å². The highest BCUT2D eigenvalue weighted by molar-refractivity contribution is 7.90. The fourth-order valence-electron chi connectivity index (χ4n) is 4.20. The zero-order chi connectivity index (χ0) is 22.4. The maximum absolute atomic E-state index is 12.4. The van der Waals surface area contributed by atoms with Crippen molar-refractivity contribution in [1.82, 2.24) is 24.5 Å². The summed E-state index contributed by atoms with van der Waals surface area (Å²) in [6, 6.07) is 6.71. The summed E-state index contributed by atoms with van der Waals surface area (Å²) in [5.41, 5.74) is 3.24. The number of rotatable bonds is 5. The number of hydrogen-bond acceptors (Lipinski definition) is 4. The lowest BCUT2D eigenvalue weighted by Gasteiger charge is -2.30. The fraction of sp³-hybridized carbons (Fsp3) is 0.565. The first kappa shape index (κ1) is 22.0. The van der Waals surface area contributed by atoms with Crippen LogP contribution in [0.4, 0.5) is 0 Å². The van der Waals surface area contributed by atoms with Crippen LogP contribution < -0.4 is 4.72 Å². The number of hydrogen-bond donors (Lipinski definition) is 2. The molecule has 0 bridgehead atoms. The smallest absolute Gasteiger partial charge is 0.216 e. The fourth-order valence-corrected chi connectivity index (χ4v) is 5.23. The first-order valence-electron chi connectivity index (χ1n) is 11.1. The third-order valence-electron chi connectivity index (χ3n) is 6.23. The van der Waals surface area contributed by atoms with Crippen molar-refractivity contribution in [1.29, 1.82) is 0 Å². The Morgan fingerprint density at radius 3 is 2.48 bits per heavy atom. The lowest BCUT2D eigenvalue weighted by atomic mass is 9.86. The first-order chi connectivity index (χ1) is 14.5. The minimum Gasteiger partial charge on any atom is -0.342 e. The van der Waals surface area contributed by atoms with E-state index in [9.17, 15) is 8.42 Å². The largest absolute Gasteiger partial charge is 0.342 e. The number of fused-ring (bicyclic) bond motifs is 1. The van der Waals surface area contributed by atoms with Crippen LogP contribution in [-0.4, -0.2) is 39.0 Å². The van der Waals surface area contributed by atoms with Gasteiger partial charge >= 0.3 is 0 Å². The molecule has 7 nitrogen and oxygen atoms in total. The van der Waals surface area contributed by atoms with Gasteiger partial charge < -0.3 is 4.98 Å².